The number of rotatable bonds is 6. The molecule has 1 unspecified atom stereocenters. The minimum absolute atomic E-state index is 0.0165. The summed E-state index contributed by atoms with van der Waals surface area (Å²) in [6.45, 7) is 6.69. The van der Waals surface area contributed by atoms with E-state index in [1.807, 2.05) is 4.90 Å². The molecule has 1 aromatic rings. The normalized spacial score (nSPS) is 20.2. The second-order valence-electron chi connectivity index (χ2n) is 7.37. The Bertz CT molecular complexity index is 584. The molecule has 2 fully saturated rings. The molecule has 1 N–H and O–H groups in total. The molecule has 26 heavy (non-hydrogen) atoms. The zero-order valence-corrected chi connectivity index (χ0v) is 15.6. The molecule has 0 bridgehead atoms. The Kier molecular flexibility index (Phi) is 6.72. The Morgan fingerprint density at radius 2 is 2.00 bits per heavy atom. The third-order valence-corrected chi connectivity index (χ3v) is 5.43. The average molecular weight is 363 g/mol. The second kappa shape index (κ2) is 9.21. The maximum absolute atomic E-state index is 13.2. The highest BCUT2D eigenvalue weighted by Gasteiger charge is 2.24. The van der Waals surface area contributed by atoms with Gasteiger partial charge in [-0.15, -0.1) is 0 Å². The average Bonchev–Trinajstić information content (AvgIpc) is 3.17. The molecule has 2 heterocycles. The van der Waals surface area contributed by atoms with Crippen LogP contribution in [0.4, 0.5) is 9.18 Å². The highest BCUT2D eigenvalue weighted by atomic mass is 19.1. The zero-order valence-electron chi connectivity index (χ0n) is 15.6. The minimum Gasteiger partial charge on any atom is -0.490 e. The predicted octanol–water partition coefficient (Wildman–Crippen LogP) is 3.25. The lowest BCUT2D eigenvalue weighted by atomic mass is 10.1. The van der Waals surface area contributed by atoms with Gasteiger partial charge in [0.2, 0.25) is 0 Å². The van der Waals surface area contributed by atoms with E-state index in [1.165, 1.54) is 38.1 Å². The number of urea groups is 1. The van der Waals surface area contributed by atoms with Crippen molar-refractivity contribution >= 4 is 6.03 Å². The lowest BCUT2D eigenvalue weighted by Gasteiger charge is -2.32. The summed E-state index contributed by atoms with van der Waals surface area (Å²) >= 11 is 0. The zero-order chi connectivity index (χ0) is 18.4. The summed E-state index contributed by atoms with van der Waals surface area (Å²) in [5.41, 5.74) is 0. The van der Waals surface area contributed by atoms with Crippen molar-refractivity contribution in [2.45, 2.75) is 51.2 Å². The van der Waals surface area contributed by atoms with Crippen LogP contribution in [-0.2, 0) is 0 Å². The maximum Gasteiger partial charge on any atom is 0.317 e. The summed E-state index contributed by atoms with van der Waals surface area (Å²) in [7, 11) is 0. The van der Waals surface area contributed by atoms with E-state index in [-0.39, 0.29) is 18.0 Å². The molecule has 2 aliphatic rings. The number of halogens is 1. The number of hydrogen-bond donors (Lipinski definition) is 1. The fraction of sp³-hybridized carbons (Fsp3) is 0.650. The van der Waals surface area contributed by atoms with Gasteiger partial charge in [-0.2, -0.15) is 0 Å². The number of likely N-dealkylation sites (tertiary alicyclic amines) is 2. The van der Waals surface area contributed by atoms with E-state index >= 15 is 0 Å². The lowest BCUT2D eigenvalue weighted by Crippen LogP contribution is -2.47. The molecule has 0 aliphatic carbocycles. The molecule has 6 heteroatoms. The van der Waals surface area contributed by atoms with Gasteiger partial charge in [-0.3, -0.25) is 0 Å². The molecule has 0 radical (unpaired) electrons. The van der Waals surface area contributed by atoms with Gasteiger partial charge in [-0.25, -0.2) is 9.18 Å². The summed E-state index contributed by atoms with van der Waals surface area (Å²) in [6, 6.07) is 6.77. The number of piperidine rings is 1. The molecule has 2 aliphatic heterocycles. The smallest absolute Gasteiger partial charge is 0.317 e. The van der Waals surface area contributed by atoms with Gasteiger partial charge in [-0.1, -0.05) is 6.07 Å². The summed E-state index contributed by atoms with van der Waals surface area (Å²) < 4.78 is 19.0. The minimum atomic E-state index is -0.289. The number of ether oxygens (including phenoxy) is 1. The highest BCUT2D eigenvalue weighted by Crippen LogP contribution is 2.20. The Morgan fingerprint density at radius 3 is 2.69 bits per heavy atom. The van der Waals surface area contributed by atoms with Crippen molar-refractivity contribution in [2.75, 3.05) is 32.7 Å². The van der Waals surface area contributed by atoms with E-state index in [0.717, 1.165) is 25.8 Å². The van der Waals surface area contributed by atoms with Crippen molar-refractivity contribution in [3.8, 4) is 5.75 Å². The maximum atomic E-state index is 13.2. The van der Waals surface area contributed by atoms with Gasteiger partial charge in [0.25, 0.3) is 0 Å². The lowest BCUT2D eigenvalue weighted by molar-refractivity contribution is 0.110. The summed E-state index contributed by atoms with van der Waals surface area (Å²) in [5, 5.41) is 3.05. The monoisotopic (exact) mass is 363 g/mol. The molecule has 5 nitrogen and oxygen atoms in total. The van der Waals surface area contributed by atoms with Crippen molar-refractivity contribution in [3.05, 3.63) is 30.1 Å². The van der Waals surface area contributed by atoms with Crippen LogP contribution in [0.1, 0.15) is 39.0 Å². The van der Waals surface area contributed by atoms with Gasteiger partial charge in [0.1, 0.15) is 17.7 Å². The Morgan fingerprint density at radius 1 is 1.27 bits per heavy atom. The van der Waals surface area contributed by atoms with Crippen molar-refractivity contribution in [1.82, 2.24) is 15.1 Å². The first-order valence-electron chi connectivity index (χ1n) is 9.81. The van der Waals surface area contributed by atoms with Crippen molar-refractivity contribution < 1.29 is 13.9 Å². The van der Waals surface area contributed by atoms with Crippen molar-refractivity contribution in [1.29, 1.82) is 0 Å². The van der Waals surface area contributed by atoms with Crippen LogP contribution >= 0.6 is 0 Å². The molecule has 2 amide bonds. The second-order valence-corrected chi connectivity index (χ2v) is 7.37. The molecular weight excluding hydrogens is 333 g/mol. The van der Waals surface area contributed by atoms with Gasteiger partial charge >= 0.3 is 6.03 Å². The molecule has 1 aromatic carbocycles. The Balaban J connectivity index is 1.34. The van der Waals surface area contributed by atoms with E-state index in [4.69, 9.17) is 4.74 Å². The number of nitrogens with zero attached hydrogens (tertiary/aromatic N) is 2. The van der Waals surface area contributed by atoms with Crippen LogP contribution in [0.25, 0.3) is 0 Å². The first kappa shape index (κ1) is 19.0. The topological polar surface area (TPSA) is 44.8 Å². The Labute approximate surface area is 155 Å². The van der Waals surface area contributed by atoms with Crippen LogP contribution in [0.3, 0.4) is 0 Å². The van der Waals surface area contributed by atoms with Crippen LogP contribution in [-0.4, -0.2) is 60.7 Å². The van der Waals surface area contributed by atoms with Crippen LogP contribution in [0.5, 0.6) is 5.75 Å². The van der Waals surface area contributed by atoms with E-state index in [1.54, 1.807) is 12.1 Å². The predicted molar refractivity (Wildman–Crippen MR) is 99.9 cm³/mol. The van der Waals surface area contributed by atoms with E-state index in [0.29, 0.717) is 24.9 Å². The summed E-state index contributed by atoms with van der Waals surface area (Å²) in [4.78, 5) is 16.7. The van der Waals surface area contributed by atoms with Crippen LogP contribution in [0.2, 0.25) is 0 Å². The molecule has 3 rings (SSSR count). The fourth-order valence-corrected chi connectivity index (χ4v) is 3.77. The molecule has 0 aromatic heterocycles. The highest BCUT2D eigenvalue weighted by molar-refractivity contribution is 5.74. The third-order valence-electron chi connectivity index (χ3n) is 5.43. The van der Waals surface area contributed by atoms with Crippen LogP contribution in [0, 0.1) is 5.82 Å². The van der Waals surface area contributed by atoms with Crippen LogP contribution < -0.4 is 10.1 Å². The molecule has 0 saturated carbocycles. The molecule has 1 atom stereocenters. The molecule has 0 spiro atoms. The van der Waals surface area contributed by atoms with E-state index in [9.17, 15) is 9.18 Å². The SMILES string of the molecule is CC(CCNC(=O)N1CCC(Oc2cccc(F)c2)CC1)N1CCCC1. The fourth-order valence-electron chi connectivity index (χ4n) is 3.77. The van der Waals surface area contributed by atoms with Gasteiger partial charge in [-0.05, 0) is 51.4 Å². The standard InChI is InChI=1S/C20H30FN3O2/c1-16(23-11-2-3-12-23)7-10-22-20(25)24-13-8-18(9-14-24)26-19-6-4-5-17(21)15-19/h4-6,15-16,18H,2-3,7-14H2,1H3,(H,22,25). The summed E-state index contributed by atoms with van der Waals surface area (Å²) in [6.07, 6.45) is 5.16. The van der Waals surface area contributed by atoms with Crippen LogP contribution in [0.15, 0.2) is 24.3 Å². The van der Waals surface area contributed by atoms with Crippen molar-refractivity contribution in [3.63, 3.8) is 0 Å². The van der Waals surface area contributed by atoms with Gasteiger partial charge in [0.05, 0.1) is 0 Å². The molecule has 144 valence electrons. The number of benzene rings is 1. The van der Waals surface area contributed by atoms with Gasteiger partial charge in [0, 0.05) is 44.6 Å². The number of carbonyl (C=O) groups is 1. The number of carbonyl (C=O) groups excluding carboxylic acids is 1. The van der Waals surface area contributed by atoms with Gasteiger partial charge in [0.15, 0.2) is 0 Å². The summed E-state index contributed by atoms with van der Waals surface area (Å²) in [5.74, 6) is 0.270. The van der Waals surface area contributed by atoms with E-state index in [2.05, 4.69) is 17.1 Å². The first-order chi connectivity index (χ1) is 12.6. The van der Waals surface area contributed by atoms with Crippen molar-refractivity contribution in [2.24, 2.45) is 0 Å². The number of nitrogens with one attached hydrogen (secondary N) is 1. The number of amides is 2. The van der Waals surface area contributed by atoms with E-state index < -0.39 is 0 Å². The Hall–Kier alpha value is -1.82. The first-order valence-corrected chi connectivity index (χ1v) is 9.81. The number of hydrogen-bond acceptors (Lipinski definition) is 3. The third kappa shape index (κ3) is 5.34. The molecular formula is C20H30FN3O2. The quantitative estimate of drug-likeness (QED) is 0.844. The molecule has 2 saturated heterocycles. The largest absolute Gasteiger partial charge is 0.490 e. The van der Waals surface area contributed by atoms with Gasteiger partial charge < -0.3 is 19.9 Å².